The molecule has 0 fully saturated rings. The van der Waals surface area contributed by atoms with Gasteiger partial charge in [-0.3, -0.25) is 4.98 Å². The molecular formula is C8H10N2O. The molecule has 0 aliphatic heterocycles. The molecule has 0 aliphatic rings. The molecule has 1 heterocycles. The van der Waals surface area contributed by atoms with Crippen LogP contribution in [0.25, 0.3) is 0 Å². The average molecular weight is 150 g/mol. The highest BCUT2D eigenvalue weighted by molar-refractivity contribution is 5.04. The summed E-state index contributed by atoms with van der Waals surface area (Å²) in [7, 11) is 0. The number of rotatable bonds is 3. The van der Waals surface area contributed by atoms with E-state index in [9.17, 15) is 4.91 Å². The van der Waals surface area contributed by atoms with Crippen molar-refractivity contribution in [3.8, 4) is 0 Å². The molecule has 1 aromatic rings. The van der Waals surface area contributed by atoms with Crippen LogP contribution in [0.4, 0.5) is 0 Å². The minimum absolute atomic E-state index is 0.176. The zero-order valence-electron chi connectivity index (χ0n) is 6.40. The molecule has 0 amide bonds. The fraction of sp³-hybridized carbons (Fsp3) is 0.375. The van der Waals surface area contributed by atoms with Crippen LogP contribution in [-0.2, 0) is 6.42 Å². The van der Waals surface area contributed by atoms with E-state index in [4.69, 9.17) is 0 Å². The lowest BCUT2D eigenvalue weighted by atomic mass is 10.2. The van der Waals surface area contributed by atoms with Gasteiger partial charge in [0.25, 0.3) is 0 Å². The van der Waals surface area contributed by atoms with Gasteiger partial charge in [0.1, 0.15) is 0 Å². The molecule has 0 aliphatic carbocycles. The highest BCUT2D eigenvalue weighted by atomic mass is 16.3. The molecule has 1 aromatic heterocycles. The van der Waals surface area contributed by atoms with Gasteiger partial charge in [-0.05, 0) is 19.1 Å². The Kier molecular flexibility index (Phi) is 2.72. The molecule has 11 heavy (non-hydrogen) atoms. The van der Waals surface area contributed by atoms with Crippen LogP contribution < -0.4 is 0 Å². The zero-order valence-corrected chi connectivity index (χ0v) is 6.40. The molecular weight excluding hydrogens is 140 g/mol. The van der Waals surface area contributed by atoms with Crippen LogP contribution >= 0.6 is 0 Å². The molecule has 0 N–H and O–H groups in total. The van der Waals surface area contributed by atoms with Gasteiger partial charge in [0, 0.05) is 18.3 Å². The Morgan fingerprint density at radius 3 is 3.00 bits per heavy atom. The van der Waals surface area contributed by atoms with Gasteiger partial charge in [-0.15, -0.1) is 0 Å². The van der Waals surface area contributed by atoms with E-state index < -0.39 is 0 Å². The molecule has 0 radical (unpaired) electrons. The molecule has 1 rings (SSSR count). The first kappa shape index (κ1) is 7.85. The quantitative estimate of drug-likeness (QED) is 0.616. The van der Waals surface area contributed by atoms with Crippen LogP contribution in [0.5, 0.6) is 0 Å². The highest BCUT2D eigenvalue weighted by Crippen LogP contribution is 2.00. The summed E-state index contributed by atoms with van der Waals surface area (Å²) >= 11 is 0. The Hall–Kier alpha value is -1.25. The van der Waals surface area contributed by atoms with Crippen LogP contribution in [0.2, 0.25) is 0 Å². The summed E-state index contributed by atoms with van der Waals surface area (Å²) in [6, 6.07) is 5.47. The molecule has 0 aromatic carbocycles. The van der Waals surface area contributed by atoms with E-state index in [2.05, 4.69) is 10.2 Å². The van der Waals surface area contributed by atoms with E-state index in [1.54, 1.807) is 13.1 Å². The van der Waals surface area contributed by atoms with E-state index in [1.807, 2.05) is 18.2 Å². The molecule has 3 heteroatoms. The minimum Gasteiger partial charge on any atom is -0.261 e. The number of hydrogen-bond donors (Lipinski definition) is 0. The van der Waals surface area contributed by atoms with E-state index in [0.29, 0.717) is 6.42 Å². The van der Waals surface area contributed by atoms with E-state index in [0.717, 1.165) is 5.69 Å². The van der Waals surface area contributed by atoms with Crippen molar-refractivity contribution in [3.05, 3.63) is 35.0 Å². The van der Waals surface area contributed by atoms with E-state index >= 15 is 0 Å². The summed E-state index contributed by atoms with van der Waals surface area (Å²) in [4.78, 5) is 14.1. The van der Waals surface area contributed by atoms with Gasteiger partial charge in [0.15, 0.2) is 0 Å². The van der Waals surface area contributed by atoms with Crippen molar-refractivity contribution in [2.75, 3.05) is 0 Å². The third-order valence-electron chi connectivity index (χ3n) is 1.41. The lowest BCUT2D eigenvalue weighted by Crippen LogP contribution is -2.02. The Morgan fingerprint density at radius 1 is 1.64 bits per heavy atom. The van der Waals surface area contributed by atoms with Crippen LogP contribution in [0.15, 0.2) is 29.6 Å². The van der Waals surface area contributed by atoms with E-state index in [1.165, 1.54) is 0 Å². The average Bonchev–Trinajstić information content (AvgIpc) is 2.06. The fourth-order valence-electron chi connectivity index (χ4n) is 0.859. The molecule has 0 saturated carbocycles. The summed E-state index contributed by atoms with van der Waals surface area (Å²) in [5, 5.41) is 2.89. The van der Waals surface area contributed by atoms with Gasteiger partial charge < -0.3 is 0 Å². The first-order valence-electron chi connectivity index (χ1n) is 3.55. The zero-order chi connectivity index (χ0) is 8.10. The van der Waals surface area contributed by atoms with Gasteiger partial charge in [0.2, 0.25) is 0 Å². The molecule has 58 valence electrons. The number of nitrogens with zero attached hydrogens (tertiary/aromatic N) is 2. The highest BCUT2D eigenvalue weighted by Gasteiger charge is 2.01. The van der Waals surface area contributed by atoms with Crippen molar-refractivity contribution in [2.24, 2.45) is 5.18 Å². The fourth-order valence-corrected chi connectivity index (χ4v) is 0.859. The van der Waals surface area contributed by atoms with Gasteiger partial charge >= 0.3 is 0 Å². The maximum Gasteiger partial charge on any atom is 0.0946 e. The molecule has 3 nitrogen and oxygen atoms in total. The lowest BCUT2D eigenvalue weighted by molar-refractivity contribution is 0.718. The molecule has 0 spiro atoms. The molecule has 0 bridgehead atoms. The Balaban J connectivity index is 2.57. The van der Waals surface area contributed by atoms with Crippen molar-refractivity contribution in [2.45, 2.75) is 19.4 Å². The van der Waals surface area contributed by atoms with Gasteiger partial charge in [-0.2, -0.15) is 4.91 Å². The third kappa shape index (κ3) is 2.45. The maximum atomic E-state index is 10.0. The summed E-state index contributed by atoms with van der Waals surface area (Å²) < 4.78 is 0. The second-order valence-corrected chi connectivity index (χ2v) is 2.48. The standard InChI is InChI=1S/C8H10N2O/c1-7(10-11)6-8-4-2-3-5-9-8/h2-5,7H,6H2,1H3/t7-/m0/s1. The number of nitroso groups, excluding NO2 is 1. The predicted octanol–water partition coefficient (Wildman–Crippen LogP) is 1.78. The predicted molar refractivity (Wildman–Crippen MR) is 43.2 cm³/mol. The summed E-state index contributed by atoms with van der Waals surface area (Å²) in [5.74, 6) is 0. The van der Waals surface area contributed by atoms with Crippen LogP contribution in [0.3, 0.4) is 0 Å². The summed E-state index contributed by atoms with van der Waals surface area (Å²) in [5.41, 5.74) is 0.916. The normalized spacial score (nSPS) is 12.5. The van der Waals surface area contributed by atoms with Crippen LogP contribution in [0.1, 0.15) is 12.6 Å². The topological polar surface area (TPSA) is 42.3 Å². The Bertz CT molecular complexity index is 223. The van der Waals surface area contributed by atoms with Crippen molar-refractivity contribution < 1.29 is 0 Å². The van der Waals surface area contributed by atoms with Crippen molar-refractivity contribution in [1.82, 2.24) is 4.98 Å². The number of pyridine rings is 1. The van der Waals surface area contributed by atoms with Gasteiger partial charge in [-0.25, -0.2) is 0 Å². The van der Waals surface area contributed by atoms with Crippen molar-refractivity contribution >= 4 is 0 Å². The minimum atomic E-state index is -0.176. The Labute approximate surface area is 65.4 Å². The van der Waals surface area contributed by atoms with Crippen molar-refractivity contribution in [1.29, 1.82) is 0 Å². The monoisotopic (exact) mass is 150 g/mol. The van der Waals surface area contributed by atoms with Crippen LogP contribution in [0, 0.1) is 4.91 Å². The van der Waals surface area contributed by atoms with Gasteiger partial charge in [0.05, 0.1) is 6.04 Å². The first-order valence-corrected chi connectivity index (χ1v) is 3.55. The first-order chi connectivity index (χ1) is 5.33. The Morgan fingerprint density at radius 2 is 2.45 bits per heavy atom. The second-order valence-electron chi connectivity index (χ2n) is 2.48. The lowest BCUT2D eigenvalue weighted by Gasteiger charge is -1.99. The largest absolute Gasteiger partial charge is 0.261 e. The molecule has 0 unspecified atom stereocenters. The smallest absolute Gasteiger partial charge is 0.0946 e. The number of aromatic nitrogens is 1. The SMILES string of the molecule is C[C@@H](Cc1ccccn1)N=O. The summed E-state index contributed by atoms with van der Waals surface area (Å²) in [6.45, 7) is 1.78. The van der Waals surface area contributed by atoms with Crippen LogP contribution in [-0.4, -0.2) is 11.0 Å². The summed E-state index contributed by atoms with van der Waals surface area (Å²) in [6.07, 6.45) is 2.34. The molecule has 0 saturated heterocycles. The van der Waals surface area contributed by atoms with Crippen molar-refractivity contribution in [3.63, 3.8) is 0 Å². The van der Waals surface area contributed by atoms with E-state index in [-0.39, 0.29) is 6.04 Å². The molecule has 1 atom stereocenters. The second kappa shape index (κ2) is 3.81. The number of hydrogen-bond acceptors (Lipinski definition) is 3. The van der Waals surface area contributed by atoms with Gasteiger partial charge in [-0.1, -0.05) is 11.2 Å². The maximum absolute atomic E-state index is 10.0. The third-order valence-corrected chi connectivity index (χ3v) is 1.41.